The molecule has 1 fully saturated rings. The number of para-hydroxylation sites is 1. The molecule has 3 aromatic carbocycles. The van der Waals surface area contributed by atoms with Gasteiger partial charge >= 0.3 is 0 Å². The molecule has 0 bridgehead atoms. The average molecular weight is 490 g/mol. The van der Waals surface area contributed by atoms with Crippen molar-refractivity contribution >= 4 is 50.5 Å². The molecule has 1 heterocycles. The molecule has 0 unspecified atom stereocenters. The Morgan fingerprint density at radius 1 is 0.812 bits per heavy atom. The largest absolute Gasteiger partial charge is 0.368 e. The molecule has 4 rings (SSSR count). The van der Waals surface area contributed by atoms with Crippen LogP contribution >= 0.6 is 23.2 Å². The van der Waals surface area contributed by atoms with Crippen LogP contribution in [-0.2, 0) is 10.0 Å². The fourth-order valence-corrected chi connectivity index (χ4v) is 5.00. The van der Waals surface area contributed by atoms with Gasteiger partial charge in [0.1, 0.15) is 0 Å². The molecule has 0 saturated carbocycles. The van der Waals surface area contributed by atoms with Gasteiger partial charge in [-0.1, -0.05) is 47.5 Å². The minimum absolute atomic E-state index is 0.0133. The molecule has 9 heteroatoms. The van der Waals surface area contributed by atoms with Gasteiger partial charge in [-0.2, -0.15) is 0 Å². The summed E-state index contributed by atoms with van der Waals surface area (Å²) in [5.74, 6) is -0.131. The summed E-state index contributed by atoms with van der Waals surface area (Å²) in [6.07, 6.45) is 0. The van der Waals surface area contributed by atoms with Crippen LogP contribution in [0.15, 0.2) is 77.7 Å². The third-order valence-electron chi connectivity index (χ3n) is 5.25. The number of hydrogen-bond donors (Lipinski definition) is 1. The van der Waals surface area contributed by atoms with E-state index in [1.54, 1.807) is 29.2 Å². The summed E-state index contributed by atoms with van der Waals surface area (Å²) in [5.41, 5.74) is 1.86. The van der Waals surface area contributed by atoms with Gasteiger partial charge in [-0.25, -0.2) is 8.42 Å². The van der Waals surface area contributed by atoms with Gasteiger partial charge < -0.3 is 9.80 Å². The smallest absolute Gasteiger partial charge is 0.261 e. The standard InChI is InChI=1S/C23H21Cl2N3O3S/c24-21-10-9-20(16-22(21)25)32(30,31)26-18-6-4-5-17(15-18)23(29)28-13-11-27(12-14-28)19-7-2-1-3-8-19/h1-10,15-16,26H,11-14H2. The highest BCUT2D eigenvalue weighted by Gasteiger charge is 2.23. The number of halogens is 2. The van der Waals surface area contributed by atoms with Crippen LogP contribution in [0.25, 0.3) is 0 Å². The van der Waals surface area contributed by atoms with E-state index in [0.29, 0.717) is 24.3 Å². The number of benzene rings is 3. The van der Waals surface area contributed by atoms with E-state index in [-0.39, 0.29) is 20.8 Å². The van der Waals surface area contributed by atoms with Crippen LogP contribution in [-0.4, -0.2) is 45.4 Å². The van der Waals surface area contributed by atoms with Crippen LogP contribution in [0.2, 0.25) is 10.0 Å². The summed E-state index contributed by atoms with van der Waals surface area (Å²) in [4.78, 5) is 17.0. The zero-order chi connectivity index (χ0) is 22.7. The van der Waals surface area contributed by atoms with Crippen molar-refractivity contribution in [2.45, 2.75) is 4.90 Å². The average Bonchev–Trinajstić information content (AvgIpc) is 2.81. The van der Waals surface area contributed by atoms with E-state index >= 15 is 0 Å². The van der Waals surface area contributed by atoms with Crippen molar-refractivity contribution in [2.75, 3.05) is 35.8 Å². The SMILES string of the molecule is O=C(c1cccc(NS(=O)(=O)c2ccc(Cl)c(Cl)c2)c1)N1CCN(c2ccccc2)CC1. The van der Waals surface area contributed by atoms with Gasteiger partial charge in [0.05, 0.1) is 14.9 Å². The van der Waals surface area contributed by atoms with Gasteiger partial charge in [0.15, 0.2) is 0 Å². The summed E-state index contributed by atoms with van der Waals surface area (Å²) in [5, 5.41) is 0.415. The van der Waals surface area contributed by atoms with Crippen molar-refractivity contribution in [1.82, 2.24) is 4.90 Å². The lowest BCUT2D eigenvalue weighted by molar-refractivity contribution is 0.0747. The summed E-state index contributed by atoms with van der Waals surface area (Å²) < 4.78 is 27.9. The van der Waals surface area contributed by atoms with Crippen molar-refractivity contribution in [3.05, 3.63) is 88.4 Å². The predicted molar refractivity (Wildman–Crippen MR) is 128 cm³/mol. The Bertz CT molecular complexity index is 1230. The Morgan fingerprint density at radius 2 is 1.53 bits per heavy atom. The van der Waals surface area contributed by atoms with E-state index in [1.807, 2.05) is 18.2 Å². The number of amides is 1. The number of nitrogens with zero attached hydrogens (tertiary/aromatic N) is 2. The van der Waals surface area contributed by atoms with Crippen molar-refractivity contribution in [2.24, 2.45) is 0 Å². The minimum atomic E-state index is -3.88. The molecule has 1 aliphatic rings. The molecular weight excluding hydrogens is 469 g/mol. The zero-order valence-corrected chi connectivity index (χ0v) is 19.4. The highest BCUT2D eigenvalue weighted by atomic mass is 35.5. The van der Waals surface area contributed by atoms with Crippen molar-refractivity contribution < 1.29 is 13.2 Å². The molecule has 166 valence electrons. The van der Waals surface area contributed by atoms with Crippen LogP contribution in [0, 0.1) is 0 Å². The van der Waals surface area contributed by atoms with Gasteiger partial charge in [-0.15, -0.1) is 0 Å². The fourth-order valence-electron chi connectivity index (χ4n) is 3.56. The minimum Gasteiger partial charge on any atom is -0.368 e. The van der Waals surface area contributed by atoms with Crippen molar-refractivity contribution in [3.63, 3.8) is 0 Å². The molecule has 32 heavy (non-hydrogen) atoms. The number of carbonyl (C=O) groups excluding carboxylic acids is 1. The van der Waals surface area contributed by atoms with Crippen LogP contribution in [0.5, 0.6) is 0 Å². The fraction of sp³-hybridized carbons (Fsp3) is 0.174. The molecule has 6 nitrogen and oxygen atoms in total. The van der Waals surface area contributed by atoms with Crippen LogP contribution < -0.4 is 9.62 Å². The predicted octanol–water partition coefficient (Wildman–Crippen LogP) is 4.76. The van der Waals surface area contributed by atoms with E-state index in [0.717, 1.165) is 18.8 Å². The first kappa shape index (κ1) is 22.5. The number of piperazine rings is 1. The van der Waals surface area contributed by atoms with Crippen LogP contribution in [0.1, 0.15) is 10.4 Å². The molecule has 3 aromatic rings. The van der Waals surface area contributed by atoms with E-state index < -0.39 is 10.0 Å². The molecule has 1 amide bonds. The quantitative estimate of drug-likeness (QED) is 0.560. The first-order valence-corrected chi connectivity index (χ1v) is 12.2. The highest BCUT2D eigenvalue weighted by molar-refractivity contribution is 7.92. The van der Waals surface area contributed by atoms with Gasteiger partial charge in [-0.05, 0) is 48.5 Å². The van der Waals surface area contributed by atoms with Crippen LogP contribution in [0.4, 0.5) is 11.4 Å². The lowest BCUT2D eigenvalue weighted by Crippen LogP contribution is -2.48. The second kappa shape index (κ2) is 9.40. The Kier molecular flexibility index (Phi) is 6.60. The number of sulfonamides is 1. The second-order valence-corrected chi connectivity index (χ2v) is 9.87. The molecule has 1 N–H and O–H groups in total. The van der Waals surface area contributed by atoms with E-state index in [9.17, 15) is 13.2 Å². The third-order valence-corrected chi connectivity index (χ3v) is 7.37. The molecule has 1 saturated heterocycles. The molecule has 0 spiro atoms. The monoisotopic (exact) mass is 489 g/mol. The normalized spacial score (nSPS) is 14.3. The molecule has 0 aromatic heterocycles. The molecule has 1 aliphatic heterocycles. The van der Waals surface area contributed by atoms with Gasteiger partial charge in [0.25, 0.3) is 15.9 Å². The Hall–Kier alpha value is -2.74. The number of carbonyl (C=O) groups is 1. The van der Waals surface area contributed by atoms with Crippen molar-refractivity contribution in [3.8, 4) is 0 Å². The maximum absolute atomic E-state index is 13.0. The Labute approximate surface area is 197 Å². The third kappa shape index (κ3) is 5.01. The number of anilines is 2. The number of nitrogens with one attached hydrogen (secondary N) is 1. The summed E-state index contributed by atoms with van der Waals surface area (Å²) in [6.45, 7) is 2.65. The summed E-state index contributed by atoms with van der Waals surface area (Å²) in [7, 11) is -3.88. The first-order chi connectivity index (χ1) is 15.3. The lowest BCUT2D eigenvalue weighted by Gasteiger charge is -2.36. The molecule has 0 radical (unpaired) electrons. The zero-order valence-electron chi connectivity index (χ0n) is 17.0. The van der Waals surface area contributed by atoms with E-state index in [1.165, 1.54) is 18.2 Å². The maximum atomic E-state index is 13.0. The lowest BCUT2D eigenvalue weighted by atomic mass is 10.1. The number of hydrogen-bond acceptors (Lipinski definition) is 4. The Morgan fingerprint density at radius 3 is 2.22 bits per heavy atom. The summed E-state index contributed by atoms with van der Waals surface area (Å²) >= 11 is 11.8. The number of rotatable bonds is 5. The Balaban J connectivity index is 1.44. The second-order valence-electron chi connectivity index (χ2n) is 7.38. The van der Waals surface area contributed by atoms with Gasteiger partial charge in [-0.3, -0.25) is 9.52 Å². The maximum Gasteiger partial charge on any atom is 0.261 e. The molecular formula is C23H21Cl2N3O3S. The summed E-state index contributed by atoms with van der Waals surface area (Å²) in [6, 6.07) is 20.6. The highest BCUT2D eigenvalue weighted by Crippen LogP contribution is 2.26. The molecule has 0 aliphatic carbocycles. The first-order valence-electron chi connectivity index (χ1n) is 10.0. The van der Waals surface area contributed by atoms with Gasteiger partial charge in [0.2, 0.25) is 0 Å². The topological polar surface area (TPSA) is 69.7 Å². The van der Waals surface area contributed by atoms with E-state index in [4.69, 9.17) is 23.2 Å². The van der Waals surface area contributed by atoms with Crippen molar-refractivity contribution in [1.29, 1.82) is 0 Å². The van der Waals surface area contributed by atoms with Crippen LogP contribution in [0.3, 0.4) is 0 Å². The molecule has 0 atom stereocenters. The van der Waals surface area contributed by atoms with E-state index in [2.05, 4.69) is 21.8 Å². The van der Waals surface area contributed by atoms with Gasteiger partial charge in [0, 0.05) is 43.1 Å².